The zero-order chi connectivity index (χ0) is 21.7. The van der Waals surface area contributed by atoms with Gasteiger partial charge >= 0.3 is 6.18 Å². The first-order chi connectivity index (χ1) is 14.3. The molecule has 0 aromatic heterocycles. The molecular weight excluding hydrogens is 395 g/mol. The van der Waals surface area contributed by atoms with E-state index < -0.39 is 12.8 Å². The third-order valence-electron chi connectivity index (χ3n) is 5.30. The molecule has 30 heavy (non-hydrogen) atoms. The summed E-state index contributed by atoms with van der Waals surface area (Å²) in [7, 11) is 1.61. The number of nitrogens with zero attached hydrogens (tertiary/aromatic N) is 1. The number of carbonyl (C=O) groups excluding carboxylic acids is 1. The lowest BCUT2D eigenvalue weighted by atomic mass is 10.1. The molecule has 0 N–H and O–H groups in total. The summed E-state index contributed by atoms with van der Waals surface area (Å²) in [5.74, 6) is 1.17. The molecule has 2 aromatic carbocycles. The predicted molar refractivity (Wildman–Crippen MR) is 107 cm³/mol. The zero-order valence-electron chi connectivity index (χ0n) is 17.1. The maximum atomic E-state index is 13.2. The Morgan fingerprint density at radius 1 is 1.07 bits per heavy atom. The molecule has 1 fully saturated rings. The first-order valence-corrected chi connectivity index (χ1v) is 9.94. The number of rotatable bonds is 9. The van der Waals surface area contributed by atoms with Gasteiger partial charge in [0.2, 0.25) is 0 Å². The van der Waals surface area contributed by atoms with Crippen LogP contribution in [0, 0.1) is 5.92 Å². The van der Waals surface area contributed by atoms with Crippen LogP contribution in [0.3, 0.4) is 0 Å². The molecule has 0 spiro atoms. The Labute approximate surface area is 174 Å². The molecule has 162 valence electrons. The lowest BCUT2D eigenvalue weighted by Gasteiger charge is -2.30. The Morgan fingerprint density at radius 2 is 1.67 bits per heavy atom. The van der Waals surface area contributed by atoms with E-state index in [-0.39, 0.29) is 18.6 Å². The first kappa shape index (κ1) is 22.2. The van der Waals surface area contributed by atoms with Gasteiger partial charge in [0.05, 0.1) is 13.7 Å². The number of alkyl halides is 3. The quantitative estimate of drug-likeness (QED) is 0.558. The molecule has 3 rings (SSSR count). The van der Waals surface area contributed by atoms with Crippen LogP contribution in [-0.4, -0.2) is 36.7 Å². The average molecular weight is 421 g/mol. The molecule has 2 aromatic rings. The van der Waals surface area contributed by atoms with Gasteiger partial charge in [-0.2, -0.15) is 13.2 Å². The molecule has 1 aliphatic carbocycles. The van der Waals surface area contributed by atoms with Crippen LogP contribution in [-0.2, 0) is 17.9 Å². The van der Waals surface area contributed by atoms with E-state index in [1.165, 1.54) is 0 Å². The van der Waals surface area contributed by atoms with Crippen molar-refractivity contribution in [3.8, 4) is 5.75 Å². The third kappa shape index (κ3) is 6.23. The maximum Gasteiger partial charge on any atom is 0.411 e. The van der Waals surface area contributed by atoms with Crippen molar-refractivity contribution in [2.45, 2.75) is 45.1 Å². The summed E-state index contributed by atoms with van der Waals surface area (Å²) in [6, 6.07) is 14.3. The lowest BCUT2D eigenvalue weighted by molar-refractivity contribution is -0.176. The van der Waals surface area contributed by atoms with Gasteiger partial charge in [0.25, 0.3) is 5.91 Å². The molecule has 7 heteroatoms. The van der Waals surface area contributed by atoms with Crippen LogP contribution in [0.5, 0.6) is 5.75 Å². The maximum absolute atomic E-state index is 13.2. The molecule has 0 bridgehead atoms. The van der Waals surface area contributed by atoms with Crippen molar-refractivity contribution < 1.29 is 27.4 Å². The summed E-state index contributed by atoms with van der Waals surface area (Å²) in [5.41, 5.74) is 2.11. The Hall–Kier alpha value is -2.54. The van der Waals surface area contributed by atoms with E-state index in [0.29, 0.717) is 23.6 Å². The largest absolute Gasteiger partial charge is 0.497 e. The summed E-state index contributed by atoms with van der Waals surface area (Å²) in [6.07, 6.45) is -2.12. The molecular formula is C23H26F3NO3. The molecule has 4 nitrogen and oxygen atoms in total. The van der Waals surface area contributed by atoms with Gasteiger partial charge in [-0.05, 0) is 61.1 Å². The smallest absolute Gasteiger partial charge is 0.411 e. The fourth-order valence-electron chi connectivity index (χ4n) is 3.36. The lowest BCUT2D eigenvalue weighted by Crippen LogP contribution is -2.39. The van der Waals surface area contributed by atoms with Gasteiger partial charge in [-0.1, -0.05) is 24.3 Å². The standard InChI is InChI=1S/C23H26F3NO3/c1-16(19-9-10-19)27(13-17-5-11-21(29-2)12-6-17)22(28)20-7-3-18(4-8-20)14-30-15-23(24,25)26/h3-8,11-12,16,19H,9-10,13-15H2,1-2H3. The van der Waals surface area contributed by atoms with Crippen molar-refractivity contribution in [1.29, 1.82) is 0 Å². The van der Waals surface area contributed by atoms with Crippen molar-refractivity contribution in [3.05, 3.63) is 65.2 Å². The Morgan fingerprint density at radius 3 is 2.20 bits per heavy atom. The van der Waals surface area contributed by atoms with Crippen molar-refractivity contribution >= 4 is 5.91 Å². The number of hydrogen-bond acceptors (Lipinski definition) is 3. The van der Waals surface area contributed by atoms with Crippen LogP contribution in [0.25, 0.3) is 0 Å². The van der Waals surface area contributed by atoms with E-state index in [1.54, 1.807) is 31.4 Å². The van der Waals surface area contributed by atoms with Gasteiger partial charge in [-0.3, -0.25) is 4.79 Å². The van der Waals surface area contributed by atoms with Gasteiger partial charge in [0.1, 0.15) is 12.4 Å². The fourth-order valence-corrected chi connectivity index (χ4v) is 3.36. The minimum Gasteiger partial charge on any atom is -0.497 e. The summed E-state index contributed by atoms with van der Waals surface area (Å²) < 4.78 is 46.5. The van der Waals surface area contributed by atoms with Crippen LogP contribution in [0.2, 0.25) is 0 Å². The molecule has 0 aliphatic heterocycles. The van der Waals surface area contributed by atoms with Crippen molar-refractivity contribution in [2.24, 2.45) is 5.92 Å². The first-order valence-electron chi connectivity index (χ1n) is 9.94. The Kier molecular flexibility index (Phi) is 7.02. The van der Waals surface area contributed by atoms with Crippen LogP contribution in [0.1, 0.15) is 41.3 Å². The molecule has 1 amide bonds. The fraction of sp³-hybridized carbons (Fsp3) is 0.435. The van der Waals surface area contributed by atoms with Crippen molar-refractivity contribution in [1.82, 2.24) is 4.90 Å². The highest BCUT2D eigenvalue weighted by molar-refractivity contribution is 5.94. The van der Waals surface area contributed by atoms with Crippen LogP contribution >= 0.6 is 0 Å². The number of hydrogen-bond donors (Lipinski definition) is 0. The van der Waals surface area contributed by atoms with Crippen molar-refractivity contribution in [2.75, 3.05) is 13.7 Å². The molecule has 1 unspecified atom stereocenters. The number of amides is 1. The van der Waals surface area contributed by atoms with E-state index in [9.17, 15) is 18.0 Å². The van der Waals surface area contributed by atoms with E-state index in [0.717, 1.165) is 24.2 Å². The number of ether oxygens (including phenoxy) is 2. The number of halogens is 3. The normalized spacial score (nSPS) is 15.0. The molecule has 1 atom stereocenters. The second kappa shape index (κ2) is 9.51. The van der Waals surface area contributed by atoms with Crippen molar-refractivity contribution in [3.63, 3.8) is 0 Å². The van der Waals surface area contributed by atoms with E-state index >= 15 is 0 Å². The summed E-state index contributed by atoms with van der Waals surface area (Å²) >= 11 is 0. The third-order valence-corrected chi connectivity index (χ3v) is 5.30. The molecule has 0 radical (unpaired) electrons. The summed E-state index contributed by atoms with van der Waals surface area (Å²) in [4.78, 5) is 15.1. The van der Waals surface area contributed by atoms with Gasteiger partial charge in [-0.15, -0.1) is 0 Å². The Bertz CT molecular complexity index is 830. The summed E-state index contributed by atoms with van der Waals surface area (Å²) in [5, 5.41) is 0. The highest BCUT2D eigenvalue weighted by Crippen LogP contribution is 2.36. The van der Waals surface area contributed by atoms with E-state index in [2.05, 4.69) is 11.7 Å². The highest BCUT2D eigenvalue weighted by atomic mass is 19.4. The minimum absolute atomic E-state index is 0.0898. The molecule has 1 aliphatic rings. The number of benzene rings is 2. The highest BCUT2D eigenvalue weighted by Gasteiger charge is 2.34. The summed E-state index contributed by atoms with van der Waals surface area (Å²) in [6.45, 7) is 1.11. The van der Waals surface area contributed by atoms with Gasteiger partial charge in [-0.25, -0.2) is 0 Å². The molecule has 0 saturated heterocycles. The van der Waals surface area contributed by atoms with Crippen LogP contribution < -0.4 is 4.74 Å². The monoisotopic (exact) mass is 421 g/mol. The molecule has 0 heterocycles. The van der Waals surface area contributed by atoms with E-state index in [4.69, 9.17) is 4.74 Å². The molecule has 1 saturated carbocycles. The van der Waals surface area contributed by atoms with Crippen LogP contribution in [0.15, 0.2) is 48.5 Å². The van der Waals surface area contributed by atoms with Gasteiger partial charge in [0.15, 0.2) is 0 Å². The second-order valence-electron chi connectivity index (χ2n) is 7.66. The zero-order valence-corrected chi connectivity index (χ0v) is 17.1. The van der Waals surface area contributed by atoms with Gasteiger partial charge < -0.3 is 14.4 Å². The predicted octanol–water partition coefficient (Wildman–Crippen LogP) is 5.22. The van der Waals surface area contributed by atoms with Gasteiger partial charge in [0, 0.05) is 18.2 Å². The number of methoxy groups -OCH3 is 1. The van der Waals surface area contributed by atoms with Crippen LogP contribution in [0.4, 0.5) is 13.2 Å². The average Bonchev–Trinajstić information content (AvgIpc) is 3.56. The topological polar surface area (TPSA) is 38.8 Å². The van der Waals surface area contributed by atoms with E-state index in [1.807, 2.05) is 29.2 Å². The SMILES string of the molecule is COc1ccc(CN(C(=O)c2ccc(COCC(F)(F)F)cc2)C(C)C2CC2)cc1. The minimum atomic E-state index is -4.35. The Balaban J connectivity index is 1.69. The number of carbonyl (C=O) groups is 1. The second-order valence-corrected chi connectivity index (χ2v) is 7.66.